The number of fused-ring (bicyclic) bond motifs is 2. The van der Waals surface area contributed by atoms with Gasteiger partial charge in [0, 0.05) is 11.5 Å². The van der Waals surface area contributed by atoms with Gasteiger partial charge in [-0.1, -0.05) is 13.2 Å². The highest BCUT2D eigenvalue weighted by atomic mass is 16.6. The third kappa shape index (κ3) is 1.50. The van der Waals surface area contributed by atoms with Crippen LogP contribution < -0.4 is 0 Å². The van der Waals surface area contributed by atoms with Gasteiger partial charge in [-0.15, -0.1) is 0 Å². The molecule has 98 valence electrons. The minimum absolute atomic E-state index is 0.0754. The Hall–Kier alpha value is -1.09. The topological polar surface area (TPSA) is 46.5 Å². The molecule has 3 rings (SSSR count). The fourth-order valence-electron chi connectivity index (χ4n) is 4.06. The quantitative estimate of drug-likeness (QED) is 0.406. The Morgan fingerprint density at radius 3 is 2.72 bits per heavy atom. The van der Waals surface area contributed by atoms with Crippen LogP contribution in [0.1, 0.15) is 32.6 Å². The first-order valence-electron chi connectivity index (χ1n) is 6.72. The van der Waals surface area contributed by atoms with Gasteiger partial charge in [-0.3, -0.25) is 0 Å². The second-order valence-corrected chi connectivity index (χ2v) is 6.22. The molecule has 2 aliphatic carbocycles. The number of carbonyl (C=O) groups is 1. The molecule has 3 aliphatic rings. The zero-order chi connectivity index (χ0) is 13.1. The van der Waals surface area contributed by atoms with Gasteiger partial charge in [0.15, 0.2) is 0 Å². The molecule has 1 N–H and O–H groups in total. The molecule has 3 fully saturated rings. The lowest BCUT2D eigenvalue weighted by atomic mass is 9.82. The molecule has 3 nitrogen and oxygen atoms in total. The van der Waals surface area contributed by atoms with Crippen LogP contribution in [0.15, 0.2) is 24.3 Å². The first-order valence-corrected chi connectivity index (χ1v) is 6.72. The predicted octanol–water partition coefficient (Wildman–Crippen LogP) is 2.21. The Balaban J connectivity index is 1.93. The smallest absolute Gasteiger partial charge is 0.334 e. The number of hydrogen-bond donors (Lipinski definition) is 1. The van der Waals surface area contributed by atoms with Crippen molar-refractivity contribution in [2.45, 2.75) is 44.3 Å². The Labute approximate surface area is 108 Å². The molecule has 0 spiro atoms. The van der Waals surface area contributed by atoms with Crippen molar-refractivity contribution < 1.29 is 14.6 Å². The van der Waals surface area contributed by atoms with E-state index in [9.17, 15) is 9.90 Å². The van der Waals surface area contributed by atoms with E-state index in [1.807, 2.05) is 6.92 Å². The second-order valence-electron chi connectivity index (χ2n) is 6.22. The predicted molar refractivity (Wildman–Crippen MR) is 67.7 cm³/mol. The third-order valence-electron chi connectivity index (χ3n) is 5.19. The molecule has 0 unspecified atom stereocenters. The van der Waals surface area contributed by atoms with Crippen molar-refractivity contribution in [3.63, 3.8) is 0 Å². The normalized spacial score (nSPS) is 47.6. The molecule has 0 aromatic rings. The average Bonchev–Trinajstić information content (AvgIpc) is 2.70. The summed E-state index contributed by atoms with van der Waals surface area (Å²) in [7, 11) is 0. The Kier molecular flexibility index (Phi) is 2.46. The lowest BCUT2D eigenvalue weighted by Crippen LogP contribution is -2.32. The summed E-state index contributed by atoms with van der Waals surface area (Å²) in [5.41, 5.74) is 0.977. The summed E-state index contributed by atoms with van der Waals surface area (Å²) in [6, 6.07) is 0. The van der Waals surface area contributed by atoms with E-state index in [0.29, 0.717) is 5.57 Å². The molecule has 2 saturated carbocycles. The first-order chi connectivity index (χ1) is 8.42. The van der Waals surface area contributed by atoms with E-state index in [2.05, 4.69) is 13.2 Å². The zero-order valence-corrected chi connectivity index (χ0v) is 10.8. The van der Waals surface area contributed by atoms with Crippen LogP contribution in [-0.4, -0.2) is 22.8 Å². The monoisotopic (exact) mass is 248 g/mol. The van der Waals surface area contributed by atoms with Crippen LogP contribution in [0.2, 0.25) is 0 Å². The number of aliphatic hydroxyl groups is 1. The van der Waals surface area contributed by atoms with E-state index in [4.69, 9.17) is 4.74 Å². The van der Waals surface area contributed by atoms with Crippen LogP contribution in [-0.2, 0) is 9.53 Å². The minimum Gasteiger partial charge on any atom is -0.454 e. The van der Waals surface area contributed by atoms with E-state index < -0.39 is 5.60 Å². The SMILES string of the molecule is C=C1C(=O)O[C@H]2C(=C)[C@H]3CC[C@@](C)(O)[C@@H]3CC[C@H]12. The Morgan fingerprint density at radius 2 is 2.00 bits per heavy atom. The van der Waals surface area contributed by atoms with Gasteiger partial charge in [0.25, 0.3) is 0 Å². The van der Waals surface area contributed by atoms with E-state index >= 15 is 0 Å². The maximum Gasteiger partial charge on any atom is 0.334 e. The second kappa shape index (κ2) is 3.70. The lowest BCUT2D eigenvalue weighted by Gasteiger charge is -2.29. The van der Waals surface area contributed by atoms with Crippen molar-refractivity contribution in [1.29, 1.82) is 0 Å². The number of hydrogen-bond acceptors (Lipinski definition) is 3. The molecule has 0 amide bonds. The van der Waals surface area contributed by atoms with Crippen molar-refractivity contribution in [3.8, 4) is 0 Å². The number of ether oxygens (including phenoxy) is 1. The first kappa shape index (κ1) is 12.0. The minimum atomic E-state index is -0.600. The van der Waals surface area contributed by atoms with Gasteiger partial charge in [0.05, 0.1) is 5.60 Å². The van der Waals surface area contributed by atoms with Crippen molar-refractivity contribution in [2.75, 3.05) is 0 Å². The summed E-state index contributed by atoms with van der Waals surface area (Å²) in [5, 5.41) is 10.4. The van der Waals surface area contributed by atoms with Crippen LogP contribution in [0.4, 0.5) is 0 Å². The maximum atomic E-state index is 11.6. The van der Waals surface area contributed by atoms with Crippen molar-refractivity contribution in [2.24, 2.45) is 17.8 Å². The van der Waals surface area contributed by atoms with E-state index in [1.165, 1.54) is 0 Å². The summed E-state index contributed by atoms with van der Waals surface area (Å²) < 4.78 is 5.43. The zero-order valence-electron chi connectivity index (χ0n) is 10.8. The standard InChI is InChI=1S/C15H20O3/c1-8-10-6-7-15(3,17)12(10)5-4-11-9(2)14(16)18-13(8)11/h10-13,17H,1-2,4-7H2,3H3/t10-,11-,12-,13+,15-/m1/s1. The van der Waals surface area contributed by atoms with Crippen LogP contribution in [0.25, 0.3) is 0 Å². The molecule has 1 saturated heterocycles. The number of rotatable bonds is 0. The third-order valence-corrected chi connectivity index (χ3v) is 5.19. The summed E-state index contributed by atoms with van der Waals surface area (Å²) in [4.78, 5) is 11.6. The Morgan fingerprint density at radius 1 is 1.28 bits per heavy atom. The van der Waals surface area contributed by atoms with Gasteiger partial charge in [-0.05, 0) is 50.0 Å². The van der Waals surface area contributed by atoms with E-state index in [1.54, 1.807) is 0 Å². The van der Waals surface area contributed by atoms with Gasteiger partial charge in [0.2, 0.25) is 0 Å². The molecule has 0 aromatic carbocycles. The molecular formula is C15H20O3. The van der Waals surface area contributed by atoms with Crippen LogP contribution in [0.5, 0.6) is 0 Å². The van der Waals surface area contributed by atoms with Crippen molar-refractivity contribution in [1.82, 2.24) is 0 Å². The molecule has 1 heterocycles. The molecule has 3 heteroatoms. The van der Waals surface area contributed by atoms with Gasteiger partial charge < -0.3 is 9.84 Å². The van der Waals surface area contributed by atoms with Crippen LogP contribution >= 0.6 is 0 Å². The molecule has 1 aliphatic heterocycles. The fraction of sp³-hybridized carbons (Fsp3) is 0.667. The summed E-state index contributed by atoms with van der Waals surface area (Å²) >= 11 is 0. The molecule has 0 bridgehead atoms. The van der Waals surface area contributed by atoms with Crippen molar-refractivity contribution in [3.05, 3.63) is 24.3 Å². The van der Waals surface area contributed by atoms with Crippen LogP contribution in [0, 0.1) is 17.8 Å². The summed E-state index contributed by atoms with van der Waals surface area (Å²) in [5.74, 6) is 0.344. The highest BCUT2D eigenvalue weighted by Crippen LogP contribution is 2.52. The number of esters is 1. The van der Waals surface area contributed by atoms with Gasteiger partial charge in [-0.2, -0.15) is 0 Å². The number of carbonyl (C=O) groups excluding carboxylic acids is 1. The molecule has 0 aromatic heterocycles. The maximum absolute atomic E-state index is 11.6. The van der Waals surface area contributed by atoms with Gasteiger partial charge in [-0.25, -0.2) is 4.79 Å². The fourth-order valence-corrected chi connectivity index (χ4v) is 4.06. The molecular weight excluding hydrogens is 228 g/mol. The van der Waals surface area contributed by atoms with Gasteiger partial charge >= 0.3 is 5.97 Å². The summed E-state index contributed by atoms with van der Waals surface area (Å²) in [6.45, 7) is 9.94. The van der Waals surface area contributed by atoms with E-state index in [-0.39, 0.29) is 29.8 Å². The average molecular weight is 248 g/mol. The summed E-state index contributed by atoms with van der Waals surface area (Å²) in [6.07, 6.45) is 3.35. The van der Waals surface area contributed by atoms with Crippen LogP contribution in [0.3, 0.4) is 0 Å². The molecule has 5 atom stereocenters. The van der Waals surface area contributed by atoms with E-state index in [0.717, 1.165) is 31.3 Å². The highest BCUT2D eigenvalue weighted by Gasteiger charge is 2.52. The molecule has 0 radical (unpaired) electrons. The largest absolute Gasteiger partial charge is 0.454 e. The highest BCUT2D eigenvalue weighted by molar-refractivity contribution is 5.91. The lowest BCUT2D eigenvalue weighted by molar-refractivity contribution is -0.138. The van der Waals surface area contributed by atoms with Gasteiger partial charge in [0.1, 0.15) is 6.10 Å². The Bertz CT molecular complexity index is 435. The molecule has 18 heavy (non-hydrogen) atoms. The van der Waals surface area contributed by atoms with Crippen molar-refractivity contribution >= 4 is 5.97 Å².